The summed E-state index contributed by atoms with van der Waals surface area (Å²) in [4.78, 5) is 22.8. The molecule has 1 rings (SSSR count). The predicted octanol–water partition coefficient (Wildman–Crippen LogP) is 0.850. The summed E-state index contributed by atoms with van der Waals surface area (Å²) in [5.41, 5.74) is -1.35. The lowest BCUT2D eigenvalue weighted by atomic mass is 9.77. The van der Waals surface area contributed by atoms with Gasteiger partial charge in [-0.1, -0.05) is 0 Å². The number of ether oxygens (including phenoxy) is 1. The summed E-state index contributed by atoms with van der Waals surface area (Å²) >= 11 is 0. The monoisotopic (exact) mass is 210 g/mol. The molecule has 1 aliphatic heterocycles. The van der Waals surface area contributed by atoms with Crippen molar-refractivity contribution >= 4 is 11.8 Å². The van der Waals surface area contributed by atoms with Crippen LogP contribution in [0.3, 0.4) is 0 Å². The normalized spacial score (nSPS) is 25.9. The van der Waals surface area contributed by atoms with Crippen LogP contribution in [0.2, 0.25) is 0 Å². The van der Waals surface area contributed by atoms with Crippen LogP contribution in [0.15, 0.2) is 0 Å². The lowest BCUT2D eigenvalue weighted by Gasteiger charge is -2.31. The number of aliphatic carboxylic acids is 1. The van der Waals surface area contributed by atoms with E-state index in [1.807, 2.05) is 0 Å². The second kappa shape index (κ2) is 4.94. The minimum atomic E-state index is -1.35. The first kappa shape index (κ1) is 11.7. The van der Waals surface area contributed by atoms with E-state index in [4.69, 9.17) is 16.3 Å². The molecule has 0 aromatic heterocycles. The van der Waals surface area contributed by atoms with Crippen molar-refractivity contribution in [3.63, 3.8) is 0 Å². The number of hydrogen-bond acceptors (Lipinski definition) is 3. The first-order valence-electron chi connectivity index (χ1n) is 4.91. The molecule has 4 nitrogen and oxygen atoms in total. The van der Waals surface area contributed by atoms with Crippen molar-refractivity contribution in [1.29, 1.82) is 0 Å². The first-order chi connectivity index (χ1) is 7.13. The molecule has 4 heteroatoms. The molecular formula is C11H14O4. The van der Waals surface area contributed by atoms with Crippen molar-refractivity contribution < 1.29 is 19.4 Å². The van der Waals surface area contributed by atoms with E-state index >= 15 is 0 Å². The Kier molecular flexibility index (Phi) is 3.87. The highest BCUT2D eigenvalue weighted by Crippen LogP contribution is 2.31. The Balaban J connectivity index is 2.73. The van der Waals surface area contributed by atoms with Gasteiger partial charge in [0.05, 0.1) is 13.2 Å². The Bertz CT molecular complexity index is 302. The maximum atomic E-state index is 11.6. The van der Waals surface area contributed by atoms with Gasteiger partial charge in [0.25, 0.3) is 0 Å². The van der Waals surface area contributed by atoms with Crippen molar-refractivity contribution in [3.8, 4) is 12.3 Å². The van der Waals surface area contributed by atoms with Gasteiger partial charge in [-0.05, 0) is 12.8 Å². The van der Waals surface area contributed by atoms with Crippen LogP contribution in [0.4, 0.5) is 0 Å². The molecule has 0 aliphatic carbocycles. The van der Waals surface area contributed by atoms with E-state index in [-0.39, 0.29) is 25.2 Å². The van der Waals surface area contributed by atoms with E-state index in [2.05, 4.69) is 5.92 Å². The van der Waals surface area contributed by atoms with Crippen LogP contribution >= 0.6 is 0 Å². The fourth-order valence-corrected chi connectivity index (χ4v) is 1.72. The molecule has 0 radical (unpaired) electrons. The third-order valence-electron chi connectivity index (χ3n) is 2.69. The smallest absolute Gasteiger partial charge is 0.319 e. The Labute approximate surface area is 88.6 Å². The zero-order valence-electron chi connectivity index (χ0n) is 8.49. The second-order valence-corrected chi connectivity index (χ2v) is 3.67. The Hall–Kier alpha value is -1.34. The number of carboxylic acids is 1. The van der Waals surface area contributed by atoms with Crippen LogP contribution < -0.4 is 0 Å². The van der Waals surface area contributed by atoms with Crippen molar-refractivity contribution in [3.05, 3.63) is 0 Å². The minimum absolute atomic E-state index is 0.0221. The standard InChI is InChI=1S/C11H14O4/c1-2-3-4-6-11(10(13)14)8-15-7-5-9(11)12/h1H,3-8H2,(H,13,14). The van der Waals surface area contributed by atoms with Gasteiger partial charge in [-0.15, -0.1) is 12.3 Å². The molecule has 82 valence electrons. The summed E-state index contributed by atoms with van der Waals surface area (Å²) in [5.74, 6) is 1.10. The van der Waals surface area contributed by atoms with Crippen LogP contribution in [-0.4, -0.2) is 30.1 Å². The fraction of sp³-hybridized carbons (Fsp3) is 0.636. The number of Topliss-reactive ketones (excluding diaryl/α,β-unsaturated/α-hetero) is 1. The zero-order chi connectivity index (χ0) is 11.3. The van der Waals surface area contributed by atoms with E-state index in [1.165, 1.54) is 0 Å². The summed E-state index contributed by atoms with van der Waals surface area (Å²) in [5, 5.41) is 9.11. The van der Waals surface area contributed by atoms with Crippen molar-refractivity contribution in [2.24, 2.45) is 5.41 Å². The number of rotatable bonds is 4. The van der Waals surface area contributed by atoms with Gasteiger partial charge in [0, 0.05) is 12.8 Å². The molecule has 1 atom stereocenters. The number of carbonyl (C=O) groups is 2. The molecule has 0 saturated carbocycles. The lowest BCUT2D eigenvalue weighted by Crippen LogP contribution is -2.47. The summed E-state index contributed by atoms with van der Waals surface area (Å²) in [6, 6.07) is 0. The number of unbranched alkanes of at least 4 members (excludes halogenated alkanes) is 1. The molecule has 0 spiro atoms. The molecule has 1 aliphatic rings. The average Bonchev–Trinajstić information content (AvgIpc) is 2.21. The first-order valence-corrected chi connectivity index (χ1v) is 4.91. The van der Waals surface area contributed by atoms with Gasteiger partial charge in [0.2, 0.25) is 0 Å². The third kappa shape index (κ3) is 2.37. The van der Waals surface area contributed by atoms with Crippen LogP contribution in [-0.2, 0) is 14.3 Å². The van der Waals surface area contributed by atoms with Gasteiger partial charge in [0.15, 0.2) is 5.78 Å². The molecule has 1 unspecified atom stereocenters. The molecule has 1 saturated heterocycles. The van der Waals surface area contributed by atoms with E-state index in [0.29, 0.717) is 19.4 Å². The zero-order valence-corrected chi connectivity index (χ0v) is 8.49. The maximum absolute atomic E-state index is 11.6. The summed E-state index contributed by atoms with van der Waals surface area (Å²) in [6.07, 6.45) is 6.56. The molecule has 0 aromatic carbocycles. The minimum Gasteiger partial charge on any atom is -0.480 e. The van der Waals surface area contributed by atoms with Crippen LogP contribution in [0.1, 0.15) is 25.7 Å². The van der Waals surface area contributed by atoms with Crippen molar-refractivity contribution in [2.45, 2.75) is 25.7 Å². The Morgan fingerprint density at radius 1 is 1.67 bits per heavy atom. The molecule has 1 heterocycles. The fourth-order valence-electron chi connectivity index (χ4n) is 1.72. The van der Waals surface area contributed by atoms with E-state index in [9.17, 15) is 9.59 Å². The average molecular weight is 210 g/mol. The maximum Gasteiger partial charge on any atom is 0.319 e. The van der Waals surface area contributed by atoms with Gasteiger partial charge >= 0.3 is 5.97 Å². The largest absolute Gasteiger partial charge is 0.480 e. The number of carboxylic acid groups (broad SMARTS) is 1. The van der Waals surface area contributed by atoms with Crippen LogP contribution in [0.25, 0.3) is 0 Å². The third-order valence-corrected chi connectivity index (χ3v) is 2.69. The molecule has 0 bridgehead atoms. The lowest BCUT2D eigenvalue weighted by molar-refractivity contribution is -0.165. The molecule has 0 amide bonds. The number of terminal acetylenes is 1. The Morgan fingerprint density at radius 3 is 2.93 bits per heavy atom. The summed E-state index contributed by atoms with van der Waals surface area (Å²) in [6.45, 7) is 0.300. The second-order valence-electron chi connectivity index (χ2n) is 3.67. The summed E-state index contributed by atoms with van der Waals surface area (Å²) < 4.78 is 5.09. The molecule has 0 aromatic rings. The van der Waals surface area contributed by atoms with Gasteiger partial charge in [-0.2, -0.15) is 0 Å². The van der Waals surface area contributed by atoms with Crippen molar-refractivity contribution in [2.75, 3.05) is 13.2 Å². The topological polar surface area (TPSA) is 63.6 Å². The highest BCUT2D eigenvalue weighted by Gasteiger charge is 2.47. The SMILES string of the molecule is C#CCCCC1(C(=O)O)COCCC1=O. The molecule has 1 N–H and O–H groups in total. The molecule has 1 fully saturated rings. The van der Waals surface area contributed by atoms with Gasteiger partial charge in [-0.25, -0.2) is 0 Å². The highest BCUT2D eigenvalue weighted by atomic mass is 16.5. The predicted molar refractivity (Wildman–Crippen MR) is 53.2 cm³/mol. The number of ketones is 1. The molecule has 15 heavy (non-hydrogen) atoms. The van der Waals surface area contributed by atoms with E-state index < -0.39 is 11.4 Å². The molecular weight excluding hydrogens is 196 g/mol. The number of carbonyl (C=O) groups excluding carboxylic acids is 1. The van der Waals surface area contributed by atoms with Gasteiger partial charge in [0.1, 0.15) is 5.41 Å². The number of hydrogen-bond donors (Lipinski definition) is 1. The van der Waals surface area contributed by atoms with Gasteiger partial charge in [-0.3, -0.25) is 9.59 Å². The van der Waals surface area contributed by atoms with Crippen LogP contribution in [0.5, 0.6) is 0 Å². The Morgan fingerprint density at radius 2 is 2.40 bits per heavy atom. The van der Waals surface area contributed by atoms with Crippen molar-refractivity contribution in [1.82, 2.24) is 0 Å². The van der Waals surface area contributed by atoms with Gasteiger partial charge < -0.3 is 9.84 Å². The quantitative estimate of drug-likeness (QED) is 0.424. The van der Waals surface area contributed by atoms with E-state index in [0.717, 1.165) is 0 Å². The highest BCUT2D eigenvalue weighted by molar-refractivity contribution is 6.03. The summed E-state index contributed by atoms with van der Waals surface area (Å²) in [7, 11) is 0. The van der Waals surface area contributed by atoms with Crippen LogP contribution in [0, 0.1) is 17.8 Å². The van der Waals surface area contributed by atoms with E-state index in [1.54, 1.807) is 0 Å².